The molecule has 0 spiro atoms. The molecule has 1 aromatic carbocycles. The number of ether oxygens (including phenoxy) is 1. The van der Waals surface area contributed by atoms with E-state index < -0.39 is 6.10 Å². The summed E-state index contributed by atoms with van der Waals surface area (Å²) in [6, 6.07) is 5.42. The zero-order valence-corrected chi connectivity index (χ0v) is 12.3. The molecule has 0 saturated carbocycles. The summed E-state index contributed by atoms with van der Waals surface area (Å²) in [6.45, 7) is 4.07. The van der Waals surface area contributed by atoms with Crippen LogP contribution in [-0.2, 0) is 4.79 Å². The van der Waals surface area contributed by atoms with E-state index in [0.29, 0.717) is 23.7 Å². The van der Waals surface area contributed by atoms with Gasteiger partial charge in [0.1, 0.15) is 5.75 Å². The lowest BCUT2D eigenvalue weighted by Crippen LogP contribution is -2.33. The highest BCUT2D eigenvalue weighted by Crippen LogP contribution is 2.25. The van der Waals surface area contributed by atoms with Gasteiger partial charge in [-0.15, -0.1) is 0 Å². The number of halogens is 1. The summed E-state index contributed by atoms with van der Waals surface area (Å²) in [5.74, 6) is 0.372. The first-order chi connectivity index (χ1) is 8.90. The van der Waals surface area contributed by atoms with E-state index in [0.717, 1.165) is 5.56 Å². The van der Waals surface area contributed by atoms with Gasteiger partial charge in [0.25, 0.3) is 5.91 Å². The van der Waals surface area contributed by atoms with Crippen LogP contribution in [0.2, 0.25) is 5.02 Å². The lowest BCUT2D eigenvalue weighted by molar-refractivity contribution is -0.132. The van der Waals surface area contributed by atoms with E-state index in [-0.39, 0.29) is 12.5 Å². The van der Waals surface area contributed by atoms with Crippen molar-refractivity contribution in [1.82, 2.24) is 4.90 Å². The molecule has 0 heterocycles. The van der Waals surface area contributed by atoms with Gasteiger partial charge < -0.3 is 14.7 Å². The number of aryl methyl sites for hydroxylation is 1. The zero-order chi connectivity index (χ0) is 14.4. The van der Waals surface area contributed by atoms with Crippen LogP contribution in [0.25, 0.3) is 0 Å². The molecule has 0 aliphatic heterocycles. The van der Waals surface area contributed by atoms with Gasteiger partial charge in [0.15, 0.2) is 6.61 Å². The normalized spacial score (nSPS) is 12.1. The van der Waals surface area contributed by atoms with E-state index in [2.05, 4.69) is 0 Å². The van der Waals surface area contributed by atoms with Crippen molar-refractivity contribution in [2.24, 2.45) is 0 Å². The van der Waals surface area contributed by atoms with E-state index in [1.807, 2.05) is 13.0 Å². The number of aliphatic hydroxyl groups excluding tert-OH is 1. The molecule has 1 atom stereocenters. The number of carbonyl (C=O) groups excluding carboxylic acids is 1. The summed E-state index contributed by atoms with van der Waals surface area (Å²) >= 11 is 5.98. The predicted octanol–water partition coefficient (Wildman–Crippen LogP) is 2.26. The molecule has 0 bridgehead atoms. The fraction of sp³-hybridized carbons (Fsp3) is 0.500. The summed E-state index contributed by atoms with van der Waals surface area (Å²) < 4.78 is 5.42. The van der Waals surface area contributed by atoms with Gasteiger partial charge in [-0.2, -0.15) is 0 Å². The van der Waals surface area contributed by atoms with E-state index in [1.54, 1.807) is 26.1 Å². The number of amides is 1. The average Bonchev–Trinajstić information content (AvgIpc) is 2.36. The number of likely N-dealkylation sites (N-methyl/N-ethyl adjacent to an activating group) is 1. The van der Waals surface area contributed by atoms with Crippen molar-refractivity contribution in [2.45, 2.75) is 26.4 Å². The molecule has 1 rings (SSSR count). The van der Waals surface area contributed by atoms with Crippen LogP contribution in [0.5, 0.6) is 5.75 Å². The smallest absolute Gasteiger partial charge is 0.260 e. The Morgan fingerprint density at radius 1 is 1.53 bits per heavy atom. The maximum Gasteiger partial charge on any atom is 0.260 e. The van der Waals surface area contributed by atoms with Crippen LogP contribution >= 0.6 is 11.6 Å². The third kappa shape index (κ3) is 5.49. The van der Waals surface area contributed by atoms with Crippen molar-refractivity contribution in [2.75, 3.05) is 20.2 Å². The standard InChI is InChI=1S/C14H20ClNO3/c1-10-4-5-12(15)13(8-10)19-9-14(18)16(3)7-6-11(2)17/h4-5,8,11,17H,6-7,9H2,1-3H3. The Morgan fingerprint density at radius 3 is 2.84 bits per heavy atom. The van der Waals surface area contributed by atoms with Crippen molar-refractivity contribution in [1.29, 1.82) is 0 Å². The quantitative estimate of drug-likeness (QED) is 0.872. The number of aliphatic hydroxyl groups is 1. The Morgan fingerprint density at radius 2 is 2.21 bits per heavy atom. The number of hydrogen-bond acceptors (Lipinski definition) is 3. The second-order valence-electron chi connectivity index (χ2n) is 4.68. The number of nitrogens with zero attached hydrogens (tertiary/aromatic N) is 1. The minimum absolute atomic E-state index is 0.0561. The monoisotopic (exact) mass is 285 g/mol. The molecule has 1 amide bonds. The van der Waals surface area contributed by atoms with Crippen molar-refractivity contribution < 1.29 is 14.6 Å². The second kappa shape index (κ2) is 7.36. The molecule has 0 aromatic heterocycles. The molecule has 5 heteroatoms. The van der Waals surface area contributed by atoms with E-state index in [9.17, 15) is 9.90 Å². The first kappa shape index (κ1) is 15.8. The Bertz CT molecular complexity index is 435. The number of hydrogen-bond donors (Lipinski definition) is 1. The molecule has 1 N–H and O–H groups in total. The molecule has 0 radical (unpaired) electrons. The highest BCUT2D eigenvalue weighted by Gasteiger charge is 2.11. The average molecular weight is 286 g/mol. The van der Waals surface area contributed by atoms with Crippen LogP contribution in [0.15, 0.2) is 18.2 Å². The lowest BCUT2D eigenvalue weighted by Gasteiger charge is -2.18. The van der Waals surface area contributed by atoms with Gasteiger partial charge in [-0.25, -0.2) is 0 Å². The van der Waals surface area contributed by atoms with Gasteiger partial charge in [0.05, 0.1) is 11.1 Å². The van der Waals surface area contributed by atoms with Gasteiger partial charge in [0, 0.05) is 13.6 Å². The zero-order valence-electron chi connectivity index (χ0n) is 11.5. The molecule has 1 aromatic rings. The van der Waals surface area contributed by atoms with Gasteiger partial charge in [-0.3, -0.25) is 4.79 Å². The maximum atomic E-state index is 11.8. The lowest BCUT2D eigenvalue weighted by atomic mass is 10.2. The summed E-state index contributed by atoms with van der Waals surface area (Å²) in [6.07, 6.45) is 0.135. The van der Waals surface area contributed by atoms with Crippen LogP contribution < -0.4 is 4.74 Å². The number of benzene rings is 1. The fourth-order valence-corrected chi connectivity index (χ4v) is 1.65. The molecule has 0 saturated heterocycles. The van der Waals surface area contributed by atoms with E-state index in [1.165, 1.54) is 4.90 Å². The van der Waals surface area contributed by atoms with Crippen molar-refractivity contribution >= 4 is 17.5 Å². The maximum absolute atomic E-state index is 11.8. The third-order valence-electron chi connectivity index (χ3n) is 2.75. The summed E-state index contributed by atoms with van der Waals surface area (Å²) in [5.41, 5.74) is 1.02. The van der Waals surface area contributed by atoms with E-state index in [4.69, 9.17) is 16.3 Å². The van der Waals surface area contributed by atoms with Crippen molar-refractivity contribution in [3.63, 3.8) is 0 Å². The number of carbonyl (C=O) groups is 1. The van der Waals surface area contributed by atoms with Crippen LogP contribution in [0.3, 0.4) is 0 Å². The van der Waals surface area contributed by atoms with Gasteiger partial charge in [0.2, 0.25) is 0 Å². The molecule has 106 valence electrons. The summed E-state index contributed by atoms with van der Waals surface area (Å²) in [5, 5.41) is 9.66. The van der Waals surface area contributed by atoms with Crippen LogP contribution in [0.1, 0.15) is 18.9 Å². The topological polar surface area (TPSA) is 49.8 Å². The fourth-order valence-electron chi connectivity index (χ4n) is 1.48. The molecular weight excluding hydrogens is 266 g/mol. The molecule has 0 aliphatic rings. The highest BCUT2D eigenvalue weighted by atomic mass is 35.5. The van der Waals surface area contributed by atoms with Crippen LogP contribution in [-0.4, -0.2) is 42.2 Å². The summed E-state index contributed by atoms with van der Waals surface area (Å²) in [4.78, 5) is 13.3. The third-order valence-corrected chi connectivity index (χ3v) is 3.06. The van der Waals surface area contributed by atoms with Gasteiger partial charge in [-0.1, -0.05) is 17.7 Å². The minimum Gasteiger partial charge on any atom is -0.482 e. The molecule has 1 unspecified atom stereocenters. The van der Waals surface area contributed by atoms with Gasteiger partial charge in [-0.05, 0) is 38.0 Å². The first-order valence-electron chi connectivity index (χ1n) is 6.21. The molecule has 0 aliphatic carbocycles. The Kier molecular flexibility index (Phi) is 6.12. The molecular formula is C14H20ClNO3. The Labute approximate surface area is 118 Å². The van der Waals surface area contributed by atoms with Gasteiger partial charge >= 0.3 is 0 Å². The Balaban J connectivity index is 2.47. The highest BCUT2D eigenvalue weighted by molar-refractivity contribution is 6.32. The first-order valence-corrected chi connectivity index (χ1v) is 6.59. The predicted molar refractivity (Wildman–Crippen MR) is 75.6 cm³/mol. The number of rotatable bonds is 6. The molecule has 4 nitrogen and oxygen atoms in total. The molecule has 0 fully saturated rings. The molecule has 19 heavy (non-hydrogen) atoms. The van der Waals surface area contributed by atoms with Crippen molar-refractivity contribution in [3.8, 4) is 5.75 Å². The van der Waals surface area contributed by atoms with Crippen molar-refractivity contribution in [3.05, 3.63) is 28.8 Å². The van der Waals surface area contributed by atoms with Crippen LogP contribution in [0.4, 0.5) is 0 Å². The van der Waals surface area contributed by atoms with E-state index >= 15 is 0 Å². The Hall–Kier alpha value is -1.26. The largest absolute Gasteiger partial charge is 0.482 e. The summed E-state index contributed by atoms with van der Waals surface area (Å²) in [7, 11) is 1.69. The SMILES string of the molecule is Cc1ccc(Cl)c(OCC(=O)N(C)CCC(C)O)c1. The minimum atomic E-state index is -0.414. The second-order valence-corrected chi connectivity index (χ2v) is 5.08. The van der Waals surface area contributed by atoms with Crippen LogP contribution in [0, 0.1) is 6.92 Å².